The molecule has 0 fully saturated rings. The average Bonchev–Trinajstić information content (AvgIpc) is 2.39. The highest BCUT2D eigenvalue weighted by molar-refractivity contribution is 6.33. The number of benzene rings is 2. The van der Waals surface area contributed by atoms with E-state index in [0.717, 1.165) is 11.1 Å². The molecule has 0 aliphatic carbocycles. The van der Waals surface area contributed by atoms with Gasteiger partial charge in [0.1, 0.15) is 5.75 Å². The van der Waals surface area contributed by atoms with Gasteiger partial charge in [-0.2, -0.15) is 0 Å². The maximum absolute atomic E-state index is 11.2. The van der Waals surface area contributed by atoms with Gasteiger partial charge >= 0.3 is 0 Å². The number of nitrogens with one attached hydrogen (secondary N) is 1. The smallest absolute Gasteiger partial charge is 0.262 e. The van der Waals surface area contributed by atoms with Gasteiger partial charge in [0, 0.05) is 10.6 Å². The first-order valence-corrected chi connectivity index (χ1v) is 5.93. The van der Waals surface area contributed by atoms with Crippen molar-refractivity contribution in [2.24, 2.45) is 0 Å². The first kappa shape index (κ1) is 11.1. The minimum atomic E-state index is -0.131. The van der Waals surface area contributed by atoms with E-state index < -0.39 is 0 Å². The van der Waals surface area contributed by atoms with Crippen molar-refractivity contribution in [2.75, 3.05) is 11.9 Å². The van der Waals surface area contributed by atoms with E-state index in [0.29, 0.717) is 16.5 Å². The first-order valence-electron chi connectivity index (χ1n) is 5.55. The lowest BCUT2D eigenvalue weighted by Gasteiger charge is -2.18. The van der Waals surface area contributed by atoms with E-state index in [1.807, 2.05) is 42.5 Å². The summed E-state index contributed by atoms with van der Waals surface area (Å²) >= 11 is 6.15. The van der Waals surface area contributed by atoms with Crippen LogP contribution in [0.1, 0.15) is 0 Å². The van der Waals surface area contributed by atoms with Crippen LogP contribution >= 0.6 is 11.6 Å². The van der Waals surface area contributed by atoms with Crippen LogP contribution in [-0.4, -0.2) is 12.5 Å². The van der Waals surface area contributed by atoms with Gasteiger partial charge < -0.3 is 10.1 Å². The lowest BCUT2D eigenvalue weighted by Crippen LogP contribution is -2.25. The quantitative estimate of drug-likeness (QED) is 0.853. The van der Waals surface area contributed by atoms with Gasteiger partial charge in [-0.3, -0.25) is 4.79 Å². The van der Waals surface area contributed by atoms with Crippen molar-refractivity contribution in [3.8, 4) is 16.9 Å². The van der Waals surface area contributed by atoms with E-state index in [1.165, 1.54) is 0 Å². The van der Waals surface area contributed by atoms with E-state index in [4.69, 9.17) is 16.3 Å². The summed E-state index contributed by atoms with van der Waals surface area (Å²) in [4.78, 5) is 11.2. The molecule has 2 aromatic carbocycles. The Labute approximate surface area is 109 Å². The third-order valence-corrected chi connectivity index (χ3v) is 3.13. The molecule has 3 rings (SSSR count). The van der Waals surface area contributed by atoms with Crippen LogP contribution < -0.4 is 10.1 Å². The highest BCUT2D eigenvalue weighted by Crippen LogP contribution is 2.35. The first-order chi connectivity index (χ1) is 8.74. The van der Waals surface area contributed by atoms with Gasteiger partial charge in [-0.1, -0.05) is 35.9 Å². The normalized spacial score (nSPS) is 13.5. The third-order valence-electron chi connectivity index (χ3n) is 2.80. The maximum Gasteiger partial charge on any atom is 0.262 e. The van der Waals surface area contributed by atoms with E-state index >= 15 is 0 Å². The Bertz CT molecular complexity index is 625. The molecule has 0 saturated heterocycles. The molecule has 0 spiro atoms. The summed E-state index contributed by atoms with van der Waals surface area (Å²) in [6.45, 7) is 0.0545. The number of amides is 1. The van der Waals surface area contributed by atoms with Crippen LogP contribution in [0.4, 0.5) is 5.69 Å². The molecular formula is C14H10ClNO2. The zero-order chi connectivity index (χ0) is 12.5. The summed E-state index contributed by atoms with van der Waals surface area (Å²) in [7, 11) is 0. The summed E-state index contributed by atoms with van der Waals surface area (Å²) in [6.07, 6.45) is 0. The molecule has 4 heteroatoms. The van der Waals surface area contributed by atoms with Gasteiger partial charge in [-0.15, -0.1) is 0 Å². The SMILES string of the molecule is O=C1COc2cc(-c3ccccc3Cl)ccc2N1. The molecule has 1 amide bonds. The Balaban J connectivity index is 2.05. The van der Waals surface area contributed by atoms with E-state index in [2.05, 4.69) is 5.32 Å². The van der Waals surface area contributed by atoms with Crippen LogP contribution in [0.5, 0.6) is 5.75 Å². The minimum Gasteiger partial charge on any atom is -0.482 e. The molecule has 0 unspecified atom stereocenters. The number of fused-ring (bicyclic) bond motifs is 1. The van der Waals surface area contributed by atoms with Crippen molar-refractivity contribution >= 4 is 23.2 Å². The highest BCUT2D eigenvalue weighted by Gasteiger charge is 2.16. The Kier molecular flexibility index (Phi) is 2.68. The van der Waals surface area contributed by atoms with Crippen molar-refractivity contribution in [1.29, 1.82) is 0 Å². The largest absolute Gasteiger partial charge is 0.482 e. The van der Waals surface area contributed by atoms with Gasteiger partial charge in [0.15, 0.2) is 6.61 Å². The molecule has 1 N–H and O–H groups in total. The standard InChI is InChI=1S/C14H10ClNO2/c15-11-4-2-1-3-10(11)9-5-6-12-13(7-9)18-8-14(17)16-12/h1-7H,8H2,(H,16,17). The van der Waals surface area contributed by atoms with Crippen molar-refractivity contribution in [3.63, 3.8) is 0 Å². The fourth-order valence-corrected chi connectivity index (χ4v) is 2.18. The second kappa shape index (κ2) is 4.35. The molecule has 2 aromatic rings. The Morgan fingerprint density at radius 3 is 2.83 bits per heavy atom. The Morgan fingerprint density at radius 1 is 1.17 bits per heavy atom. The van der Waals surface area contributed by atoms with Gasteiger partial charge in [-0.25, -0.2) is 0 Å². The molecule has 3 nitrogen and oxygen atoms in total. The van der Waals surface area contributed by atoms with Crippen molar-refractivity contribution < 1.29 is 9.53 Å². The van der Waals surface area contributed by atoms with E-state index in [9.17, 15) is 4.79 Å². The second-order valence-corrected chi connectivity index (χ2v) is 4.43. The fraction of sp³-hybridized carbons (Fsp3) is 0.0714. The molecule has 90 valence electrons. The molecular weight excluding hydrogens is 250 g/mol. The number of hydrogen-bond donors (Lipinski definition) is 1. The van der Waals surface area contributed by atoms with Crippen LogP contribution in [0.3, 0.4) is 0 Å². The number of hydrogen-bond acceptors (Lipinski definition) is 2. The number of carbonyl (C=O) groups is 1. The van der Waals surface area contributed by atoms with Gasteiger partial charge in [0.2, 0.25) is 0 Å². The molecule has 18 heavy (non-hydrogen) atoms. The second-order valence-electron chi connectivity index (χ2n) is 4.03. The monoisotopic (exact) mass is 259 g/mol. The van der Waals surface area contributed by atoms with E-state index in [-0.39, 0.29) is 12.5 Å². The number of rotatable bonds is 1. The molecule has 0 atom stereocenters. The summed E-state index contributed by atoms with van der Waals surface area (Å²) in [5, 5.41) is 3.45. The van der Waals surface area contributed by atoms with Gasteiger partial charge in [0.05, 0.1) is 5.69 Å². The number of carbonyl (C=O) groups excluding carboxylic acids is 1. The summed E-state index contributed by atoms with van der Waals surface area (Å²) in [6, 6.07) is 13.2. The zero-order valence-electron chi connectivity index (χ0n) is 9.44. The molecule has 0 aromatic heterocycles. The molecule has 1 aliphatic rings. The maximum atomic E-state index is 11.2. The van der Waals surface area contributed by atoms with Crippen LogP contribution in [0.2, 0.25) is 5.02 Å². The lowest BCUT2D eigenvalue weighted by atomic mass is 10.0. The van der Waals surface area contributed by atoms with Crippen LogP contribution in [0, 0.1) is 0 Å². The highest BCUT2D eigenvalue weighted by atomic mass is 35.5. The lowest BCUT2D eigenvalue weighted by molar-refractivity contribution is -0.118. The predicted molar refractivity (Wildman–Crippen MR) is 71.0 cm³/mol. The number of ether oxygens (including phenoxy) is 1. The molecule has 0 bridgehead atoms. The van der Waals surface area contributed by atoms with Crippen molar-refractivity contribution in [1.82, 2.24) is 0 Å². The summed E-state index contributed by atoms with van der Waals surface area (Å²) < 4.78 is 5.38. The predicted octanol–water partition coefficient (Wildman–Crippen LogP) is 3.34. The molecule has 0 saturated carbocycles. The minimum absolute atomic E-state index is 0.0545. The Hall–Kier alpha value is -2.00. The number of halogens is 1. The Morgan fingerprint density at radius 2 is 2.00 bits per heavy atom. The topological polar surface area (TPSA) is 38.3 Å². The fourth-order valence-electron chi connectivity index (χ4n) is 1.94. The molecule has 1 aliphatic heterocycles. The van der Waals surface area contributed by atoms with Crippen LogP contribution in [0.25, 0.3) is 11.1 Å². The van der Waals surface area contributed by atoms with Crippen LogP contribution in [0.15, 0.2) is 42.5 Å². The van der Waals surface area contributed by atoms with Crippen LogP contribution in [-0.2, 0) is 4.79 Å². The third kappa shape index (κ3) is 1.93. The van der Waals surface area contributed by atoms with Gasteiger partial charge in [-0.05, 0) is 23.8 Å². The van der Waals surface area contributed by atoms with Crippen molar-refractivity contribution in [2.45, 2.75) is 0 Å². The summed E-state index contributed by atoms with van der Waals surface area (Å²) in [5.41, 5.74) is 2.61. The summed E-state index contributed by atoms with van der Waals surface area (Å²) in [5.74, 6) is 0.542. The average molecular weight is 260 g/mol. The van der Waals surface area contributed by atoms with E-state index in [1.54, 1.807) is 0 Å². The zero-order valence-corrected chi connectivity index (χ0v) is 10.2. The van der Waals surface area contributed by atoms with Gasteiger partial charge in [0.25, 0.3) is 5.91 Å². The van der Waals surface area contributed by atoms with Crippen molar-refractivity contribution in [3.05, 3.63) is 47.5 Å². The number of anilines is 1. The molecule has 0 radical (unpaired) electrons. The molecule has 1 heterocycles.